The number of hydrogen-bond donors (Lipinski definition) is 1. The molecule has 6 heteroatoms. The maximum absolute atomic E-state index is 12.1. The molecule has 1 saturated heterocycles. The number of aryl methyl sites for hydroxylation is 2. The Morgan fingerprint density at radius 3 is 2.48 bits per heavy atom. The van der Waals surface area contributed by atoms with Crippen LogP contribution in [0.5, 0.6) is 5.75 Å². The number of hydrogen-bond acceptors (Lipinski definition) is 6. The van der Waals surface area contributed by atoms with Gasteiger partial charge in [0.2, 0.25) is 0 Å². The lowest BCUT2D eigenvalue weighted by atomic mass is 10.0. The molecule has 6 nitrogen and oxygen atoms in total. The van der Waals surface area contributed by atoms with E-state index in [0.29, 0.717) is 12.1 Å². The maximum atomic E-state index is 12.1. The molecule has 0 bridgehead atoms. The topological polar surface area (TPSA) is 63.9 Å². The SMILES string of the molecule is COc1ccc([C@H](CNCc2cc(=O)oc3cc(C)c(C)cc23)N2CCOCC2)cc1. The molecule has 1 aromatic heterocycles. The Kier molecular flexibility index (Phi) is 6.70. The van der Waals surface area contributed by atoms with Gasteiger partial charge in [-0.1, -0.05) is 12.1 Å². The van der Waals surface area contributed by atoms with Gasteiger partial charge in [0.15, 0.2) is 0 Å². The number of fused-ring (bicyclic) bond motifs is 1. The fourth-order valence-electron chi connectivity index (χ4n) is 4.15. The average Bonchev–Trinajstić information content (AvgIpc) is 2.78. The van der Waals surface area contributed by atoms with Gasteiger partial charge in [-0.25, -0.2) is 4.79 Å². The van der Waals surface area contributed by atoms with Crippen LogP contribution in [0.2, 0.25) is 0 Å². The molecule has 3 aromatic rings. The van der Waals surface area contributed by atoms with Crippen molar-refractivity contribution >= 4 is 11.0 Å². The van der Waals surface area contributed by atoms with Crippen LogP contribution in [-0.4, -0.2) is 44.9 Å². The van der Waals surface area contributed by atoms with Crippen LogP contribution in [0.3, 0.4) is 0 Å². The maximum Gasteiger partial charge on any atom is 0.336 e. The van der Waals surface area contributed by atoms with Crippen molar-refractivity contribution in [3.05, 3.63) is 75.1 Å². The van der Waals surface area contributed by atoms with Crippen LogP contribution in [0.25, 0.3) is 11.0 Å². The minimum absolute atomic E-state index is 0.213. The van der Waals surface area contributed by atoms with E-state index in [0.717, 1.165) is 55.1 Å². The van der Waals surface area contributed by atoms with Crippen molar-refractivity contribution in [2.75, 3.05) is 40.0 Å². The lowest BCUT2D eigenvalue weighted by Gasteiger charge is -2.35. The van der Waals surface area contributed by atoms with Crippen molar-refractivity contribution in [3.63, 3.8) is 0 Å². The van der Waals surface area contributed by atoms with Gasteiger partial charge in [0, 0.05) is 43.7 Å². The normalized spacial score (nSPS) is 15.8. The van der Waals surface area contributed by atoms with Crippen molar-refractivity contribution in [1.29, 1.82) is 0 Å². The molecule has 31 heavy (non-hydrogen) atoms. The molecule has 0 radical (unpaired) electrons. The van der Waals surface area contributed by atoms with Crippen LogP contribution in [-0.2, 0) is 11.3 Å². The van der Waals surface area contributed by atoms with Gasteiger partial charge in [0.05, 0.1) is 20.3 Å². The summed E-state index contributed by atoms with van der Waals surface area (Å²) in [6, 6.07) is 14.1. The highest BCUT2D eigenvalue weighted by molar-refractivity contribution is 5.81. The van der Waals surface area contributed by atoms with Gasteiger partial charge in [0.25, 0.3) is 0 Å². The quantitative estimate of drug-likeness (QED) is 0.587. The zero-order valence-electron chi connectivity index (χ0n) is 18.4. The Morgan fingerprint density at radius 2 is 1.77 bits per heavy atom. The number of morpholine rings is 1. The summed E-state index contributed by atoms with van der Waals surface area (Å²) in [4.78, 5) is 14.5. The molecule has 1 N–H and O–H groups in total. The molecule has 0 spiro atoms. The monoisotopic (exact) mass is 422 g/mol. The first-order valence-electron chi connectivity index (χ1n) is 10.8. The van der Waals surface area contributed by atoms with Crippen LogP contribution >= 0.6 is 0 Å². The molecule has 1 fully saturated rings. The fourth-order valence-corrected chi connectivity index (χ4v) is 4.15. The number of methoxy groups -OCH3 is 1. The van der Waals surface area contributed by atoms with Crippen LogP contribution < -0.4 is 15.7 Å². The summed E-state index contributed by atoms with van der Waals surface area (Å²) in [5.41, 5.74) is 4.84. The molecule has 1 aliphatic rings. The minimum atomic E-state index is -0.313. The van der Waals surface area contributed by atoms with E-state index in [-0.39, 0.29) is 11.7 Å². The van der Waals surface area contributed by atoms with Gasteiger partial charge in [-0.15, -0.1) is 0 Å². The third kappa shape index (κ3) is 4.98. The lowest BCUT2D eigenvalue weighted by Crippen LogP contribution is -2.42. The number of nitrogens with zero attached hydrogens (tertiary/aromatic N) is 1. The van der Waals surface area contributed by atoms with E-state index in [4.69, 9.17) is 13.9 Å². The summed E-state index contributed by atoms with van der Waals surface area (Å²) in [6.07, 6.45) is 0. The van der Waals surface area contributed by atoms with Crippen LogP contribution in [0.1, 0.15) is 28.3 Å². The van der Waals surface area contributed by atoms with E-state index in [1.165, 1.54) is 11.1 Å². The second-order valence-corrected chi connectivity index (χ2v) is 8.09. The van der Waals surface area contributed by atoms with Crippen molar-refractivity contribution in [2.45, 2.75) is 26.4 Å². The molecular weight excluding hydrogens is 392 g/mol. The van der Waals surface area contributed by atoms with Crippen molar-refractivity contribution < 1.29 is 13.9 Å². The zero-order chi connectivity index (χ0) is 21.8. The average molecular weight is 423 g/mol. The summed E-state index contributed by atoms with van der Waals surface area (Å²) in [5, 5.41) is 4.57. The smallest absolute Gasteiger partial charge is 0.336 e. The van der Waals surface area contributed by atoms with E-state index < -0.39 is 0 Å². The minimum Gasteiger partial charge on any atom is -0.497 e. The first-order chi connectivity index (χ1) is 15.0. The summed E-state index contributed by atoms with van der Waals surface area (Å²) in [6.45, 7) is 8.76. The Morgan fingerprint density at radius 1 is 1.06 bits per heavy atom. The lowest BCUT2D eigenvalue weighted by molar-refractivity contribution is 0.0161. The van der Waals surface area contributed by atoms with Gasteiger partial charge in [-0.3, -0.25) is 4.90 Å². The van der Waals surface area contributed by atoms with E-state index in [1.807, 2.05) is 25.1 Å². The van der Waals surface area contributed by atoms with Gasteiger partial charge in [0.1, 0.15) is 11.3 Å². The number of nitrogens with one attached hydrogen (secondary N) is 1. The first kappa shape index (κ1) is 21.6. The van der Waals surface area contributed by atoms with E-state index in [2.05, 4.69) is 35.3 Å². The summed E-state index contributed by atoms with van der Waals surface area (Å²) in [5.74, 6) is 0.852. The van der Waals surface area contributed by atoms with Crippen molar-refractivity contribution in [1.82, 2.24) is 10.2 Å². The molecule has 0 unspecified atom stereocenters. The molecular formula is C25H30N2O4. The number of benzene rings is 2. The Bertz CT molecular complexity index is 1090. The van der Waals surface area contributed by atoms with Crippen molar-refractivity contribution in [2.24, 2.45) is 0 Å². The van der Waals surface area contributed by atoms with Crippen LogP contribution in [0.15, 0.2) is 51.7 Å². The fraction of sp³-hybridized carbons (Fsp3) is 0.400. The molecule has 0 amide bonds. The predicted molar refractivity (Wildman–Crippen MR) is 122 cm³/mol. The first-order valence-corrected chi connectivity index (χ1v) is 10.8. The molecule has 4 rings (SSSR count). The molecule has 0 aliphatic carbocycles. The molecule has 2 heterocycles. The molecule has 1 aliphatic heterocycles. The second-order valence-electron chi connectivity index (χ2n) is 8.09. The van der Waals surface area contributed by atoms with E-state index in [9.17, 15) is 4.79 Å². The molecule has 1 atom stereocenters. The summed E-state index contributed by atoms with van der Waals surface area (Å²) < 4.78 is 16.3. The van der Waals surface area contributed by atoms with Gasteiger partial charge in [-0.2, -0.15) is 0 Å². The molecule has 2 aromatic carbocycles. The Hall–Kier alpha value is -2.67. The number of rotatable bonds is 7. The highest BCUT2D eigenvalue weighted by Crippen LogP contribution is 2.25. The zero-order valence-corrected chi connectivity index (χ0v) is 18.4. The number of ether oxygens (including phenoxy) is 2. The van der Waals surface area contributed by atoms with Crippen LogP contribution in [0, 0.1) is 13.8 Å². The highest BCUT2D eigenvalue weighted by Gasteiger charge is 2.22. The van der Waals surface area contributed by atoms with Crippen molar-refractivity contribution in [3.8, 4) is 5.75 Å². The third-order valence-electron chi connectivity index (χ3n) is 6.08. The van der Waals surface area contributed by atoms with Gasteiger partial charge in [-0.05, 0) is 60.4 Å². The molecule has 0 saturated carbocycles. The Labute approximate surface area is 182 Å². The Balaban J connectivity index is 1.54. The van der Waals surface area contributed by atoms with E-state index >= 15 is 0 Å². The van der Waals surface area contributed by atoms with E-state index in [1.54, 1.807) is 13.2 Å². The highest BCUT2D eigenvalue weighted by atomic mass is 16.5. The predicted octanol–water partition coefficient (Wildman–Crippen LogP) is 3.58. The summed E-state index contributed by atoms with van der Waals surface area (Å²) >= 11 is 0. The standard InChI is InChI=1S/C25H30N2O4/c1-17-12-22-20(14-25(28)31-24(22)13-18(17)2)15-26-16-23(27-8-10-30-11-9-27)19-4-6-21(29-3)7-5-19/h4-7,12-14,23,26H,8-11,15-16H2,1-3H3/t23-/m0/s1. The van der Waals surface area contributed by atoms with Gasteiger partial charge < -0.3 is 19.2 Å². The van der Waals surface area contributed by atoms with Gasteiger partial charge >= 0.3 is 5.63 Å². The third-order valence-corrected chi connectivity index (χ3v) is 6.08. The largest absolute Gasteiger partial charge is 0.497 e. The molecule has 164 valence electrons. The summed E-state index contributed by atoms with van der Waals surface area (Å²) in [7, 11) is 1.68. The van der Waals surface area contributed by atoms with Crippen LogP contribution in [0.4, 0.5) is 0 Å². The second kappa shape index (κ2) is 9.64.